The quantitative estimate of drug-likeness (QED) is 0.427. The van der Waals surface area contributed by atoms with Crippen molar-refractivity contribution < 1.29 is 12.6 Å². The molecule has 1 unspecified atom stereocenters. The summed E-state index contributed by atoms with van der Waals surface area (Å²) in [6, 6.07) is 0. The second-order valence-electron chi connectivity index (χ2n) is 6.58. The largest absolute Gasteiger partial charge is 0.265 e. The van der Waals surface area contributed by atoms with Gasteiger partial charge >= 0.3 is 0 Å². The van der Waals surface area contributed by atoms with Gasteiger partial charge in [-0.1, -0.05) is 65.1 Å². The zero-order chi connectivity index (χ0) is 15.3. The molecule has 0 fully saturated rings. The molecule has 0 saturated carbocycles. The molecule has 0 aromatic rings. The summed E-state index contributed by atoms with van der Waals surface area (Å²) < 4.78 is 27.6. The van der Waals surface area contributed by atoms with Crippen LogP contribution in [0.4, 0.5) is 0 Å². The zero-order valence-electron chi connectivity index (χ0n) is 13.3. The first-order chi connectivity index (χ1) is 8.39. The lowest BCUT2D eigenvalue weighted by atomic mass is 10.1. The summed E-state index contributed by atoms with van der Waals surface area (Å²) in [5.74, 6) is 6.29. The summed E-state index contributed by atoms with van der Waals surface area (Å²) in [6.07, 6.45) is 3.16. The molecule has 1 atom stereocenters. The molecule has 0 bridgehead atoms. The van der Waals surface area contributed by atoms with Gasteiger partial charge in [-0.3, -0.25) is 4.18 Å². The highest BCUT2D eigenvalue weighted by Crippen LogP contribution is 2.35. The van der Waals surface area contributed by atoms with Crippen LogP contribution in [0.3, 0.4) is 0 Å². The number of hydrogen-bond donors (Lipinski definition) is 0. The molecule has 0 saturated heterocycles. The molecule has 112 valence electrons. The van der Waals surface area contributed by atoms with Gasteiger partial charge in [-0.15, -0.1) is 0 Å². The van der Waals surface area contributed by atoms with Gasteiger partial charge in [0.25, 0.3) is 10.1 Å². The molecule has 0 N–H and O–H groups in total. The molecule has 0 amide bonds. The molecule has 0 aliphatic carbocycles. The molecule has 0 aliphatic heterocycles. The van der Waals surface area contributed by atoms with Gasteiger partial charge in [-0.05, 0) is 6.42 Å². The van der Waals surface area contributed by atoms with Crippen LogP contribution in [0.1, 0.15) is 40.0 Å². The van der Waals surface area contributed by atoms with Gasteiger partial charge < -0.3 is 0 Å². The Morgan fingerprint density at radius 2 is 1.79 bits per heavy atom. The maximum absolute atomic E-state index is 11.2. The van der Waals surface area contributed by atoms with Gasteiger partial charge in [0, 0.05) is 5.04 Å². The molecule has 0 aromatic carbocycles. The average molecular weight is 305 g/mol. The van der Waals surface area contributed by atoms with Crippen LogP contribution in [0.2, 0.25) is 24.7 Å². The van der Waals surface area contributed by atoms with Crippen molar-refractivity contribution >= 4 is 18.2 Å². The first-order valence-electron chi connectivity index (χ1n) is 6.80. The second-order valence-corrected chi connectivity index (χ2v) is 13.9. The van der Waals surface area contributed by atoms with Crippen molar-refractivity contribution in [1.82, 2.24) is 0 Å². The number of hydrogen-bond acceptors (Lipinski definition) is 3. The summed E-state index contributed by atoms with van der Waals surface area (Å²) >= 11 is 0. The van der Waals surface area contributed by atoms with Crippen molar-refractivity contribution in [3.63, 3.8) is 0 Å². The van der Waals surface area contributed by atoms with E-state index in [1.807, 2.05) is 0 Å². The van der Waals surface area contributed by atoms with Crippen LogP contribution in [-0.4, -0.2) is 28.9 Å². The van der Waals surface area contributed by atoms with Crippen LogP contribution < -0.4 is 0 Å². The normalized spacial score (nSPS) is 14.7. The summed E-state index contributed by atoms with van der Waals surface area (Å²) in [4.78, 5) is 0. The lowest BCUT2D eigenvalue weighted by Gasteiger charge is -2.32. The number of unbranched alkanes of at least 4 members (excludes halogenated alkanes) is 1. The lowest BCUT2D eigenvalue weighted by Crippen LogP contribution is -2.34. The summed E-state index contributed by atoms with van der Waals surface area (Å²) in [7, 11) is -4.87. The average Bonchev–Trinajstić information content (AvgIpc) is 2.18. The van der Waals surface area contributed by atoms with Crippen molar-refractivity contribution in [2.24, 2.45) is 0 Å². The third-order valence-electron chi connectivity index (χ3n) is 3.53. The Labute approximate surface area is 120 Å². The van der Waals surface area contributed by atoms with E-state index < -0.39 is 24.3 Å². The van der Waals surface area contributed by atoms with E-state index in [0.717, 1.165) is 19.1 Å². The highest BCUT2D eigenvalue weighted by Gasteiger charge is 2.33. The molecule has 3 nitrogen and oxygen atoms in total. The minimum atomic E-state index is -3.45. The van der Waals surface area contributed by atoms with Crippen LogP contribution in [-0.2, 0) is 14.3 Å². The van der Waals surface area contributed by atoms with Crippen LogP contribution in [0, 0.1) is 11.8 Å². The van der Waals surface area contributed by atoms with Gasteiger partial charge in [0.1, 0.15) is 6.10 Å². The third-order valence-corrected chi connectivity index (χ3v) is 7.99. The van der Waals surface area contributed by atoms with E-state index in [1.54, 1.807) is 0 Å². The van der Waals surface area contributed by atoms with Crippen LogP contribution in [0.5, 0.6) is 0 Å². The molecule has 0 spiro atoms. The summed E-state index contributed by atoms with van der Waals surface area (Å²) in [5.41, 5.74) is 0. The molecular formula is C14H28O3SSi. The standard InChI is InChI=1S/C14H28O3SSi/c1-8-9-10-13(17-18(4,15)16)11-12-14(2,3)19(5,6)7/h13H,8-10H2,1-7H3. The smallest absolute Gasteiger partial charge is 0.254 e. The SMILES string of the molecule is CCCCC(C#CC(C)(C)[Si](C)(C)C)OS(C)(=O)=O. The molecule has 19 heavy (non-hydrogen) atoms. The molecular weight excluding hydrogens is 276 g/mol. The topological polar surface area (TPSA) is 43.4 Å². The predicted octanol–water partition coefficient (Wildman–Crippen LogP) is 3.64. The first kappa shape index (κ1) is 18.7. The van der Waals surface area contributed by atoms with Crippen LogP contribution in [0.25, 0.3) is 0 Å². The molecule has 0 aliphatic rings. The van der Waals surface area contributed by atoms with Gasteiger partial charge in [0.2, 0.25) is 0 Å². The van der Waals surface area contributed by atoms with Crippen LogP contribution >= 0.6 is 0 Å². The Kier molecular flexibility index (Phi) is 6.80. The highest BCUT2D eigenvalue weighted by molar-refractivity contribution is 7.86. The molecule has 0 radical (unpaired) electrons. The first-order valence-corrected chi connectivity index (χ1v) is 12.1. The molecule has 5 heteroatoms. The number of rotatable bonds is 6. The Morgan fingerprint density at radius 1 is 1.26 bits per heavy atom. The van der Waals surface area contributed by atoms with Crippen molar-refractivity contribution in [3.8, 4) is 11.8 Å². The van der Waals surface area contributed by atoms with Gasteiger partial charge in [-0.2, -0.15) is 8.42 Å². The van der Waals surface area contributed by atoms with Crippen molar-refractivity contribution in [2.45, 2.75) is 70.8 Å². The Bertz CT molecular complexity index is 436. The van der Waals surface area contributed by atoms with E-state index >= 15 is 0 Å². The molecule has 0 rings (SSSR count). The Hall–Kier alpha value is -0.313. The van der Waals surface area contributed by atoms with E-state index in [2.05, 4.69) is 52.3 Å². The fourth-order valence-electron chi connectivity index (χ4n) is 1.19. The maximum Gasteiger partial charge on any atom is 0.265 e. The van der Waals surface area contributed by atoms with Crippen molar-refractivity contribution in [2.75, 3.05) is 6.26 Å². The van der Waals surface area contributed by atoms with Crippen molar-refractivity contribution in [3.05, 3.63) is 0 Å². The monoisotopic (exact) mass is 304 g/mol. The Balaban J connectivity index is 5.02. The van der Waals surface area contributed by atoms with Gasteiger partial charge in [0.15, 0.2) is 0 Å². The van der Waals surface area contributed by atoms with E-state index in [9.17, 15) is 8.42 Å². The van der Waals surface area contributed by atoms with E-state index in [1.165, 1.54) is 0 Å². The second kappa shape index (κ2) is 6.92. The summed E-state index contributed by atoms with van der Waals surface area (Å²) in [6.45, 7) is 13.1. The Morgan fingerprint density at radius 3 is 2.16 bits per heavy atom. The lowest BCUT2D eigenvalue weighted by molar-refractivity contribution is 0.252. The molecule has 0 aromatic heterocycles. The fourth-order valence-corrected chi connectivity index (χ4v) is 2.21. The maximum atomic E-state index is 11.2. The van der Waals surface area contributed by atoms with E-state index in [4.69, 9.17) is 4.18 Å². The van der Waals surface area contributed by atoms with Crippen molar-refractivity contribution in [1.29, 1.82) is 0 Å². The highest BCUT2D eigenvalue weighted by atomic mass is 32.2. The minimum Gasteiger partial charge on any atom is -0.254 e. The van der Waals surface area contributed by atoms with Crippen LogP contribution in [0.15, 0.2) is 0 Å². The van der Waals surface area contributed by atoms with Gasteiger partial charge in [0.05, 0.1) is 14.3 Å². The minimum absolute atomic E-state index is 0.0572. The third kappa shape index (κ3) is 7.76. The van der Waals surface area contributed by atoms with E-state index in [-0.39, 0.29) is 5.04 Å². The molecule has 0 heterocycles. The summed E-state index contributed by atoms with van der Waals surface area (Å²) in [5, 5.41) is -0.0572. The van der Waals surface area contributed by atoms with E-state index in [0.29, 0.717) is 6.42 Å². The van der Waals surface area contributed by atoms with Gasteiger partial charge in [-0.25, -0.2) is 0 Å². The zero-order valence-corrected chi connectivity index (χ0v) is 15.1. The predicted molar refractivity (Wildman–Crippen MR) is 84.4 cm³/mol. The fraction of sp³-hybridized carbons (Fsp3) is 0.857.